The van der Waals surface area contributed by atoms with Crippen LogP contribution in [-0.2, 0) is 24.0 Å². The summed E-state index contributed by atoms with van der Waals surface area (Å²) >= 11 is 3.89. The van der Waals surface area contributed by atoms with Gasteiger partial charge in [-0.25, -0.2) is 4.79 Å². The molecule has 0 rings (SSSR count). The smallest absolute Gasteiger partial charge is 0.327 e. The van der Waals surface area contributed by atoms with Crippen molar-refractivity contribution in [1.29, 1.82) is 0 Å². The Morgan fingerprint density at radius 3 is 1.94 bits per heavy atom. The number of carbonyl (C=O) groups is 5. The third-order valence-corrected chi connectivity index (χ3v) is 5.34. The van der Waals surface area contributed by atoms with Crippen LogP contribution in [0.25, 0.3) is 0 Å². The summed E-state index contributed by atoms with van der Waals surface area (Å²) in [6.07, 6.45) is 1.33. The number of thiol groups is 1. The Bertz CT molecular complexity index is 664. The molecule has 0 radical (unpaired) electrons. The van der Waals surface area contributed by atoms with Crippen LogP contribution in [-0.4, -0.2) is 71.2 Å². The quantitative estimate of drug-likeness (QED) is 0.0902. The fourth-order valence-electron chi connectivity index (χ4n) is 2.68. The van der Waals surface area contributed by atoms with Gasteiger partial charge >= 0.3 is 5.97 Å². The fraction of sp³-hybridized carbons (Fsp3) is 0.737. The summed E-state index contributed by atoms with van der Waals surface area (Å²) in [6.45, 7) is 3.99. The number of rotatable bonds is 16. The summed E-state index contributed by atoms with van der Waals surface area (Å²) in [5.74, 6) is -4.64. The largest absolute Gasteiger partial charge is 0.480 e. The summed E-state index contributed by atoms with van der Waals surface area (Å²) < 4.78 is 0. The molecule has 0 aromatic heterocycles. The average Bonchev–Trinajstić information content (AvgIpc) is 2.74. The molecule has 0 heterocycles. The van der Waals surface area contributed by atoms with Gasteiger partial charge in [0.15, 0.2) is 0 Å². The van der Waals surface area contributed by atoms with E-state index in [1.165, 1.54) is 0 Å². The standard InChI is InChI=1S/C19H36N6O6S/c1-3-10(2)15(22)18(29)24-12(8-14(21)26)17(28)23-11(6-4-5-7-20)16(27)25-13(9-32)19(30)31/h10-13,15,32H,3-9,20,22H2,1-2H3,(H2,21,26)(H,23,28)(H,24,29)(H,25,27)(H,30,31)/t10-,11-,12-,13-,15-/m0/s1. The summed E-state index contributed by atoms with van der Waals surface area (Å²) in [6, 6.07) is -4.63. The van der Waals surface area contributed by atoms with Gasteiger partial charge in [-0.3, -0.25) is 19.2 Å². The van der Waals surface area contributed by atoms with Crippen molar-refractivity contribution in [3.8, 4) is 0 Å². The maximum atomic E-state index is 12.8. The number of carboxylic acids is 1. The Morgan fingerprint density at radius 1 is 0.938 bits per heavy atom. The molecule has 0 aliphatic carbocycles. The predicted octanol–water partition coefficient (Wildman–Crippen LogP) is -2.17. The van der Waals surface area contributed by atoms with Crippen LogP contribution < -0.4 is 33.2 Å². The number of aliphatic carboxylic acids is 1. The summed E-state index contributed by atoms with van der Waals surface area (Å²) in [5, 5.41) is 16.3. The van der Waals surface area contributed by atoms with Gasteiger partial charge in [0.05, 0.1) is 12.5 Å². The van der Waals surface area contributed by atoms with E-state index in [4.69, 9.17) is 22.3 Å². The van der Waals surface area contributed by atoms with Gasteiger partial charge in [-0.15, -0.1) is 0 Å². The van der Waals surface area contributed by atoms with E-state index < -0.39 is 60.2 Å². The van der Waals surface area contributed by atoms with Gasteiger partial charge in [-0.05, 0) is 31.7 Å². The summed E-state index contributed by atoms with van der Waals surface area (Å²) in [5.41, 5.74) is 16.6. The van der Waals surface area contributed by atoms with Gasteiger partial charge in [0.25, 0.3) is 0 Å². The lowest BCUT2D eigenvalue weighted by molar-refractivity contribution is -0.141. The third kappa shape index (κ3) is 10.8. The number of carbonyl (C=O) groups excluding carboxylic acids is 4. The van der Waals surface area contributed by atoms with Crippen LogP contribution in [0.4, 0.5) is 0 Å². The van der Waals surface area contributed by atoms with Crippen LogP contribution >= 0.6 is 12.6 Å². The van der Waals surface area contributed by atoms with Crippen LogP contribution in [0.2, 0.25) is 0 Å². The van der Waals surface area contributed by atoms with Gasteiger partial charge in [0, 0.05) is 5.75 Å². The van der Waals surface area contributed by atoms with Crippen LogP contribution in [0, 0.1) is 5.92 Å². The molecule has 12 nitrogen and oxygen atoms in total. The lowest BCUT2D eigenvalue weighted by Crippen LogP contribution is -2.58. The van der Waals surface area contributed by atoms with Crippen molar-refractivity contribution in [1.82, 2.24) is 16.0 Å². The number of primary amides is 1. The number of hydrogen-bond acceptors (Lipinski definition) is 8. The molecule has 0 unspecified atom stereocenters. The molecule has 32 heavy (non-hydrogen) atoms. The first-order chi connectivity index (χ1) is 15.0. The molecular weight excluding hydrogens is 440 g/mol. The second-order valence-electron chi connectivity index (χ2n) is 7.57. The summed E-state index contributed by atoms with van der Waals surface area (Å²) in [7, 11) is 0. The van der Waals surface area contributed by atoms with Crippen molar-refractivity contribution in [3.63, 3.8) is 0 Å². The van der Waals surface area contributed by atoms with E-state index in [1.54, 1.807) is 6.92 Å². The summed E-state index contributed by atoms with van der Waals surface area (Å²) in [4.78, 5) is 60.4. The molecule has 0 aliphatic heterocycles. The van der Waals surface area contributed by atoms with Crippen LogP contribution in [0.1, 0.15) is 46.0 Å². The minimum atomic E-state index is -1.35. The second kappa shape index (κ2) is 15.4. The van der Waals surface area contributed by atoms with Crippen molar-refractivity contribution in [3.05, 3.63) is 0 Å². The first-order valence-electron chi connectivity index (χ1n) is 10.5. The van der Waals surface area contributed by atoms with E-state index in [-0.39, 0.29) is 18.1 Å². The van der Waals surface area contributed by atoms with E-state index in [0.29, 0.717) is 25.8 Å². The molecule has 0 aromatic carbocycles. The van der Waals surface area contributed by atoms with Gasteiger partial charge in [0.1, 0.15) is 18.1 Å². The van der Waals surface area contributed by atoms with E-state index in [1.807, 2.05) is 6.92 Å². The lowest BCUT2D eigenvalue weighted by atomic mass is 9.99. The third-order valence-electron chi connectivity index (χ3n) is 4.98. The zero-order valence-electron chi connectivity index (χ0n) is 18.5. The normalized spacial score (nSPS) is 15.5. The van der Waals surface area contributed by atoms with E-state index >= 15 is 0 Å². The molecule has 4 amide bonds. The number of nitrogens with one attached hydrogen (secondary N) is 3. The zero-order chi connectivity index (χ0) is 24.8. The molecule has 0 fully saturated rings. The van der Waals surface area contributed by atoms with Crippen LogP contribution in [0.5, 0.6) is 0 Å². The minimum absolute atomic E-state index is 0.154. The van der Waals surface area contributed by atoms with Gasteiger partial charge < -0.3 is 38.3 Å². The highest BCUT2D eigenvalue weighted by atomic mass is 32.1. The highest BCUT2D eigenvalue weighted by Gasteiger charge is 2.31. The van der Waals surface area contributed by atoms with E-state index in [9.17, 15) is 24.0 Å². The Morgan fingerprint density at radius 2 is 1.47 bits per heavy atom. The van der Waals surface area contributed by atoms with E-state index in [0.717, 1.165) is 0 Å². The molecule has 13 heteroatoms. The number of amides is 4. The van der Waals surface area contributed by atoms with Gasteiger partial charge in [-0.2, -0.15) is 12.6 Å². The molecule has 0 aliphatic rings. The van der Waals surface area contributed by atoms with Crippen molar-refractivity contribution < 1.29 is 29.1 Å². The van der Waals surface area contributed by atoms with Gasteiger partial charge in [-0.1, -0.05) is 20.3 Å². The topological polar surface area (TPSA) is 220 Å². The number of carboxylic acid groups (broad SMARTS) is 1. The molecular formula is C19H36N6O6S. The molecule has 5 atom stereocenters. The molecule has 0 bridgehead atoms. The van der Waals surface area contributed by atoms with Crippen molar-refractivity contribution in [2.45, 2.75) is 70.1 Å². The first-order valence-corrected chi connectivity index (χ1v) is 11.1. The Kier molecular flexibility index (Phi) is 14.3. The molecule has 0 aromatic rings. The van der Waals surface area contributed by atoms with Crippen molar-refractivity contribution in [2.24, 2.45) is 23.1 Å². The minimum Gasteiger partial charge on any atom is -0.480 e. The SMILES string of the molecule is CC[C@H](C)[C@H](N)C(=O)N[C@@H](CC(N)=O)C(=O)N[C@@H](CCCCN)C(=O)N[C@@H](CS)C(=O)O. The molecule has 0 spiro atoms. The highest BCUT2D eigenvalue weighted by molar-refractivity contribution is 7.80. The molecule has 184 valence electrons. The Hall–Kier alpha value is -2.38. The zero-order valence-corrected chi connectivity index (χ0v) is 19.4. The highest BCUT2D eigenvalue weighted by Crippen LogP contribution is 2.07. The van der Waals surface area contributed by atoms with Crippen LogP contribution in [0.15, 0.2) is 0 Å². The molecule has 0 saturated carbocycles. The molecule has 0 saturated heterocycles. The van der Waals surface area contributed by atoms with E-state index in [2.05, 4.69) is 28.6 Å². The maximum Gasteiger partial charge on any atom is 0.327 e. The maximum absolute atomic E-state index is 12.8. The molecule has 10 N–H and O–H groups in total. The van der Waals surface area contributed by atoms with Crippen molar-refractivity contribution in [2.75, 3.05) is 12.3 Å². The number of hydrogen-bond donors (Lipinski definition) is 8. The monoisotopic (exact) mass is 476 g/mol. The first kappa shape index (κ1) is 29.6. The Balaban J connectivity index is 5.47. The number of nitrogens with two attached hydrogens (primary N) is 3. The van der Waals surface area contributed by atoms with Crippen molar-refractivity contribution >= 4 is 42.2 Å². The Labute approximate surface area is 193 Å². The van der Waals surface area contributed by atoms with Crippen LogP contribution in [0.3, 0.4) is 0 Å². The lowest BCUT2D eigenvalue weighted by Gasteiger charge is -2.25. The fourth-order valence-corrected chi connectivity index (χ4v) is 2.93. The average molecular weight is 477 g/mol. The number of unbranched alkanes of at least 4 members (excludes halogenated alkanes) is 1. The predicted molar refractivity (Wildman–Crippen MR) is 121 cm³/mol. The van der Waals surface area contributed by atoms with Gasteiger partial charge in [0.2, 0.25) is 23.6 Å². The second-order valence-corrected chi connectivity index (χ2v) is 7.94.